The van der Waals surface area contributed by atoms with Crippen LogP contribution in [0.15, 0.2) is 0 Å². The molecule has 0 saturated heterocycles. The van der Waals surface area contributed by atoms with Gasteiger partial charge in [-0.3, -0.25) is 0 Å². The van der Waals surface area contributed by atoms with Gasteiger partial charge in [-0.2, -0.15) is 0 Å². The summed E-state index contributed by atoms with van der Waals surface area (Å²) in [6.45, 7) is 22.6. The minimum absolute atomic E-state index is 0.0570. The topological polar surface area (TPSA) is 38.0 Å². The molecule has 1 unspecified atom stereocenters. The molecule has 0 aromatic rings. The zero-order valence-corrected chi connectivity index (χ0v) is 15.1. The largest absolute Gasteiger partial charge is 0.325 e. The molecule has 0 aromatic carbocycles. The molecular formula is C17H38N2. The van der Waals surface area contributed by atoms with Crippen molar-refractivity contribution in [2.24, 2.45) is 16.6 Å². The van der Waals surface area contributed by atoms with Crippen LogP contribution in [0.3, 0.4) is 0 Å². The molecule has 2 nitrogen and oxygen atoms in total. The average Bonchev–Trinajstić information content (AvgIpc) is 1.91. The molecule has 0 aliphatic rings. The maximum absolute atomic E-state index is 6.19. The van der Waals surface area contributed by atoms with E-state index in [1.54, 1.807) is 0 Å². The predicted molar refractivity (Wildman–Crippen MR) is 87.4 cm³/mol. The molecule has 19 heavy (non-hydrogen) atoms. The van der Waals surface area contributed by atoms with Gasteiger partial charge in [-0.25, -0.2) is 0 Å². The van der Waals surface area contributed by atoms with Crippen LogP contribution in [-0.2, 0) is 0 Å². The molecule has 0 spiro atoms. The maximum atomic E-state index is 6.19. The van der Waals surface area contributed by atoms with Gasteiger partial charge in [0.25, 0.3) is 0 Å². The molecule has 0 heterocycles. The standard InChI is InChI=1S/C17H38N2/c1-14(2,3)11-13(15(4,5)6)19-17(9,10)12-16(7,8)18/h13,19H,11-12,18H2,1-10H3. The van der Waals surface area contributed by atoms with Crippen molar-refractivity contribution >= 4 is 0 Å². The fraction of sp³-hybridized carbons (Fsp3) is 1.00. The molecule has 0 aliphatic carbocycles. The second-order valence-electron chi connectivity index (χ2n) is 9.88. The van der Waals surface area contributed by atoms with Crippen molar-refractivity contribution < 1.29 is 0 Å². The van der Waals surface area contributed by atoms with Gasteiger partial charge in [-0.05, 0) is 51.4 Å². The van der Waals surface area contributed by atoms with E-state index in [1.165, 1.54) is 6.42 Å². The van der Waals surface area contributed by atoms with Gasteiger partial charge < -0.3 is 11.1 Å². The van der Waals surface area contributed by atoms with Crippen LogP contribution in [0.1, 0.15) is 82.1 Å². The Morgan fingerprint density at radius 3 is 1.53 bits per heavy atom. The lowest BCUT2D eigenvalue weighted by atomic mass is 9.75. The third-order valence-corrected chi connectivity index (χ3v) is 3.32. The number of rotatable bonds is 5. The summed E-state index contributed by atoms with van der Waals surface area (Å²) in [4.78, 5) is 0. The zero-order chi connectivity index (χ0) is 15.7. The normalized spacial score (nSPS) is 16.6. The minimum atomic E-state index is -0.138. The fourth-order valence-electron chi connectivity index (χ4n) is 2.85. The van der Waals surface area contributed by atoms with Gasteiger partial charge in [-0.1, -0.05) is 41.5 Å². The molecule has 0 aliphatic heterocycles. The molecule has 0 saturated carbocycles. The number of nitrogens with one attached hydrogen (secondary N) is 1. The second kappa shape index (κ2) is 5.73. The zero-order valence-electron chi connectivity index (χ0n) is 15.1. The highest BCUT2D eigenvalue weighted by Gasteiger charge is 2.34. The first-order chi connectivity index (χ1) is 8.02. The van der Waals surface area contributed by atoms with E-state index in [0.717, 1.165) is 6.42 Å². The van der Waals surface area contributed by atoms with Gasteiger partial charge in [0, 0.05) is 17.1 Å². The molecule has 0 aromatic heterocycles. The van der Waals surface area contributed by atoms with Crippen molar-refractivity contribution in [3.8, 4) is 0 Å². The SMILES string of the molecule is CC(C)(C)CC(NC(C)(C)CC(C)(C)N)C(C)(C)C. The summed E-state index contributed by atoms with van der Waals surface area (Å²) in [6, 6.07) is 0.491. The Morgan fingerprint density at radius 2 is 1.26 bits per heavy atom. The highest BCUT2D eigenvalue weighted by atomic mass is 15.0. The highest BCUT2D eigenvalue weighted by molar-refractivity contribution is 4.94. The van der Waals surface area contributed by atoms with E-state index in [1.807, 2.05) is 0 Å². The molecule has 0 rings (SSSR count). The molecular weight excluding hydrogens is 232 g/mol. The Bertz CT molecular complexity index is 271. The van der Waals surface area contributed by atoms with Crippen LogP contribution in [0.4, 0.5) is 0 Å². The monoisotopic (exact) mass is 270 g/mol. The first-order valence-electron chi connectivity index (χ1n) is 7.58. The Hall–Kier alpha value is -0.0800. The third-order valence-electron chi connectivity index (χ3n) is 3.32. The summed E-state index contributed by atoms with van der Waals surface area (Å²) >= 11 is 0. The highest BCUT2D eigenvalue weighted by Crippen LogP contribution is 2.32. The summed E-state index contributed by atoms with van der Waals surface area (Å²) in [5, 5.41) is 3.87. The van der Waals surface area contributed by atoms with Gasteiger partial charge in [0.15, 0.2) is 0 Å². The lowest BCUT2D eigenvalue weighted by Gasteiger charge is -2.43. The van der Waals surface area contributed by atoms with E-state index in [4.69, 9.17) is 5.73 Å². The number of hydrogen-bond acceptors (Lipinski definition) is 2. The third kappa shape index (κ3) is 9.45. The van der Waals surface area contributed by atoms with Crippen LogP contribution < -0.4 is 11.1 Å². The molecule has 116 valence electrons. The summed E-state index contributed by atoms with van der Waals surface area (Å²) < 4.78 is 0. The van der Waals surface area contributed by atoms with E-state index in [2.05, 4.69) is 74.6 Å². The van der Waals surface area contributed by atoms with Gasteiger partial charge >= 0.3 is 0 Å². The van der Waals surface area contributed by atoms with E-state index >= 15 is 0 Å². The van der Waals surface area contributed by atoms with Crippen molar-refractivity contribution in [1.82, 2.24) is 5.32 Å². The van der Waals surface area contributed by atoms with Crippen molar-refractivity contribution in [3.05, 3.63) is 0 Å². The lowest BCUT2D eigenvalue weighted by Crippen LogP contribution is -2.56. The van der Waals surface area contributed by atoms with Crippen LogP contribution in [0.25, 0.3) is 0 Å². The maximum Gasteiger partial charge on any atom is 0.0145 e. The molecule has 3 N–H and O–H groups in total. The predicted octanol–water partition coefficient (Wildman–Crippen LogP) is 4.33. The smallest absolute Gasteiger partial charge is 0.0145 e. The molecule has 0 radical (unpaired) electrons. The Kier molecular flexibility index (Phi) is 5.71. The van der Waals surface area contributed by atoms with Gasteiger partial charge in [0.05, 0.1) is 0 Å². The second-order valence-corrected chi connectivity index (χ2v) is 9.88. The Labute approximate surface area is 121 Å². The van der Waals surface area contributed by atoms with E-state index in [-0.39, 0.29) is 16.5 Å². The quantitative estimate of drug-likeness (QED) is 0.780. The van der Waals surface area contributed by atoms with E-state index in [0.29, 0.717) is 11.5 Å². The number of hydrogen-bond donors (Lipinski definition) is 2. The first kappa shape index (κ1) is 18.9. The van der Waals surface area contributed by atoms with Crippen molar-refractivity contribution in [2.75, 3.05) is 0 Å². The molecule has 0 bridgehead atoms. The summed E-state index contributed by atoms with van der Waals surface area (Å²) in [5.41, 5.74) is 6.70. The van der Waals surface area contributed by atoms with Crippen LogP contribution in [0.2, 0.25) is 0 Å². The Balaban J connectivity index is 4.92. The molecule has 0 amide bonds. The number of nitrogens with two attached hydrogens (primary N) is 1. The van der Waals surface area contributed by atoms with Crippen LogP contribution in [0.5, 0.6) is 0 Å². The van der Waals surface area contributed by atoms with Crippen LogP contribution in [0, 0.1) is 10.8 Å². The van der Waals surface area contributed by atoms with Gasteiger partial charge in [0.1, 0.15) is 0 Å². The van der Waals surface area contributed by atoms with Crippen molar-refractivity contribution in [2.45, 2.75) is 99.2 Å². The van der Waals surface area contributed by atoms with Crippen LogP contribution in [-0.4, -0.2) is 17.1 Å². The van der Waals surface area contributed by atoms with Crippen molar-refractivity contribution in [1.29, 1.82) is 0 Å². The lowest BCUT2D eigenvalue weighted by molar-refractivity contribution is 0.143. The molecule has 2 heteroatoms. The fourth-order valence-corrected chi connectivity index (χ4v) is 2.85. The van der Waals surface area contributed by atoms with E-state index in [9.17, 15) is 0 Å². The summed E-state index contributed by atoms with van der Waals surface area (Å²) in [6.07, 6.45) is 2.14. The minimum Gasteiger partial charge on any atom is -0.325 e. The summed E-state index contributed by atoms with van der Waals surface area (Å²) in [7, 11) is 0. The van der Waals surface area contributed by atoms with Gasteiger partial charge in [-0.15, -0.1) is 0 Å². The summed E-state index contributed by atoms with van der Waals surface area (Å²) in [5.74, 6) is 0. The van der Waals surface area contributed by atoms with Crippen LogP contribution >= 0.6 is 0 Å². The van der Waals surface area contributed by atoms with Gasteiger partial charge in [0.2, 0.25) is 0 Å². The Morgan fingerprint density at radius 1 is 0.842 bits per heavy atom. The molecule has 1 atom stereocenters. The van der Waals surface area contributed by atoms with Crippen molar-refractivity contribution in [3.63, 3.8) is 0 Å². The molecule has 0 fully saturated rings. The first-order valence-corrected chi connectivity index (χ1v) is 7.58. The average molecular weight is 271 g/mol. The van der Waals surface area contributed by atoms with E-state index < -0.39 is 0 Å².